The van der Waals surface area contributed by atoms with Crippen molar-refractivity contribution in [3.8, 4) is 0 Å². The quantitative estimate of drug-likeness (QED) is 0.559. The molecule has 6 nitrogen and oxygen atoms in total. The van der Waals surface area contributed by atoms with Crippen molar-refractivity contribution in [2.45, 2.75) is 52.0 Å². The van der Waals surface area contributed by atoms with Crippen LogP contribution in [0.5, 0.6) is 0 Å². The number of esters is 1. The van der Waals surface area contributed by atoms with E-state index in [1.54, 1.807) is 43.0 Å². The molecule has 184 valence electrons. The van der Waals surface area contributed by atoms with E-state index in [4.69, 9.17) is 4.74 Å². The van der Waals surface area contributed by atoms with E-state index in [2.05, 4.69) is 0 Å². The summed E-state index contributed by atoms with van der Waals surface area (Å²) < 4.78 is 19.2. The Hall–Kier alpha value is -3.48. The van der Waals surface area contributed by atoms with Crippen LogP contribution in [0.4, 0.5) is 4.39 Å². The lowest BCUT2D eigenvalue weighted by Gasteiger charge is -2.34. The summed E-state index contributed by atoms with van der Waals surface area (Å²) in [6.07, 6.45) is 3.27. The number of hydrogen-bond acceptors (Lipinski definition) is 4. The van der Waals surface area contributed by atoms with Gasteiger partial charge < -0.3 is 14.5 Å². The molecule has 0 radical (unpaired) electrons. The van der Waals surface area contributed by atoms with Crippen LogP contribution in [0.2, 0.25) is 0 Å². The van der Waals surface area contributed by atoms with Crippen LogP contribution in [0, 0.1) is 5.82 Å². The average Bonchev–Trinajstić information content (AvgIpc) is 2.86. The highest BCUT2D eigenvalue weighted by atomic mass is 19.1. The summed E-state index contributed by atoms with van der Waals surface area (Å²) in [5.74, 6) is -1.61. The molecule has 0 spiro atoms. The molecule has 1 saturated heterocycles. The average molecular weight is 479 g/mol. The van der Waals surface area contributed by atoms with Gasteiger partial charge >= 0.3 is 5.97 Å². The molecule has 0 bridgehead atoms. The molecule has 2 aliphatic heterocycles. The van der Waals surface area contributed by atoms with Crippen molar-refractivity contribution in [1.29, 1.82) is 0 Å². The molecule has 0 aromatic heterocycles. The Kier molecular flexibility index (Phi) is 7.63. The normalized spacial score (nSPS) is 18.6. The van der Waals surface area contributed by atoms with Crippen LogP contribution in [0.15, 0.2) is 59.8 Å². The third-order valence-corrected chi connectivity index (χ3v) is 6.75. The van der Waals surface area contributed by atoms with Crippen LogP contribution >= 0.6 is 0 Å². The highest BCUT2D eigenvalue weighted by Crippen LogP contribution is 2.38. The lowest BCUT2D eigenvalue weighted by molar-refractivity contribution is -0.140. The Balaban J connectivity index is 1.58. The molecule has 2 aromatic rings. The number of amides is 2. The molecule has 2 heterocycles. The molecule has 1 unspecified atom stereocenters. The van der Waals surface area contributed by atoms with Crippen LogP contribution < -0.4 is 0 Å². The number of hydrogen-bond donors (Lipinski definition) is 0. The van der Waals surface area contributed by atoms with Crippen molar-refractivity contribution in [3.05, 3.63) is 82.3 Å². The highest BCUT2D eigenvalue weighted by Gasteiger charge is 2.37. The van der Waals surface area contributed by atoms with E-state index in [-0.39, 0.29) is 31.4 Å². The molecule has 2 aromatic carbocycles. The van der Waals surface area contributed by atoms with Gasteiger partial charge in [-0.1, -0.05) is 24.3 Å². The van der Waals surface area contributed by atoms with Crippen LogP contribution in [-0.4, -0.2) is 47.3 Å². The minimum Gasteiger partial charge on any atom is -0.463 e. The molecule has 35 heavy (non-hydrogen) atoms. The molecule has 1 atom stereocenters. The summed E-state index contributed by atoms with van der Waals surface area (Å²) in [5, 5.41) is 0. The first kappa shape index (κ1) is 24.6. The number of carbonyl (C=O) groups is 3. The second-order valence-corrected chi connectivity index (χ2v) is 9.06. The molecule has 2 amide bonds. The van der Waals surface area contributed by atoms with Gasteiger partial charge in [-0.3, -0.25) is 9.59 Å². The van der Waals surface area contributed by atoms with E-state index in [0.29, 0.717) is 22.4 Å². The molecule has 1 fully saturated rings. The van der Waals surface area contributed by atoms with Crippen molar-refractivity contribution in [2.24, 2.45) is 0 Å². The predicted molar refractivity (Wildman–Crippen MR) is 130 cm³/mol. The summed E-state index contributed by atoms with van der Waals surface area (Å²) in [6, 6.07) is 13.3. The van der Waals surface area contributed by atoms with Gasteiger partial charge in [0, 0.05) is 36.7 Å². The molecule has 7 heteroatoms. The number of rotatable bonds is 6. The number of halogens is 1. The number of carbonyl (C=O) groups excluding carboxylic acids is 3. The second-order valence-electron chi connectivity index (χ2n) is 9.06. The van der Waals surface area contributed by atoms with Crippen LogP contribution in [0.3, 0.4) is 0 Å². The molecule has 0 saturated carbocycles. The number of likely N-dealkylation sites (tertiary alicyclic amines) is 1. The van der Waals surface area contributed by atoms with Crippen LogP contribution in [0.1, 0.15) is 66.9 Å². The van der Waals surface area contributed by atoms with Crippen molar-refractivity contribution in [1.82, 2.24) is 9.80 Å². The van der Waals surface area contributed by atoms with Crippen molar-refractivity contribution >= 4 is 17.8 Å². The zero-order valence-corrected chi connectivity index (χ0v) is 20.3. The largest absolute Gasteiger partial charge is 0.463 e. The van der Waals surface area contributed by atoms with E-state index in [1.165, 1.54) is 12.1 Å². The summed E-state index contributed by atoms with van der Waals surface area (Å²) in [5.41, 5.74) is 2.92. The molecular formula is C28H31FN2O4. The van der Waals surface area contributed by atoms with Gasteiger partial charge in [-0.05, 0) is 68.5 Å². The molecule has 2 aliphatic rings. The van der Waals surface area contributed by atoms with Gasteiger partial charge in [0.1, 0.15) is 5.82 Å². The topological polar surface area (TPSA) is 66.9 Å². The first-order valence-corrected chi connectivity index (χ1v) is 12.2. The van der Waals surface area contributed by atoms with Gasteiger partial charge in [-0.2, -0.15) is 0 Å². The Morgan fingerprint density at radius 1 is 1.06 bits per heavy atom. The Morgan fingerprint density at radius 3 is 2.43 bits per heavy atom. The van der Waals surface area contributed by atoms with Gasteiger partial charge in [0.25, 0.3) is 5.91 Å². The van der Waals surface area contributed by atoms with Crippen molar-refractivity contribution < 1.29 is 23.5 Å². The molecule has 4 rings (SSSR count). The Morgan fingerprint density at radius 2 is 1.77 bits per heavy atom. The van der Waals surface area contributed by atoms with Gasteiger partial charge in [0.2, 0.25) is 5.91 Å². The number of allylic oxidation sites excluding steroid dienone is 1. The Labute approximate surface area is 205 Å². The minimum atomic E-state index is -0.571. The lowest BCUT2D eigenvalue weighted by atomic mass is 9.83. The maximum atomic E-state index is 13.9. The SMILES string of the molecule is CCOC(=O)C1=C(C)N(Cc2ccc(C(=O)N3CCCCC3)cc2)C(=O)CC1c1cccc(F)c1. The van der Waals surface area contributed by atoms with E-state index in [1.807, 2.05) is 17.0 Å². The first-order chi connectivity index (χ1) is 16.9. The predicted octanol–water partition coefficient (Wildman–Crippen LogP) is 4.81. The summed E-state index contributed by atoms with van der Waals surface area (Å²) in [7, 11) is 0. The summed E-state index contributed by atoms with van der Waals surface area (Å²) >= 11 is 0. The van der Waals surface area contributed by atoms with Crippen LogP contribution in [-0.2, 0) is 20.9 Å². The second kappa shape index (κ2) is 10.8. The van der Waals surface area contributed by atoms with Crippen molar-refractivity contribution in [3.63, 3.8) is 0 Å². The number of benzene rings is 2. The van der Waals surface area contributed by atoms with E-state index in [9.17, 15) is 18.8 Å². The maximum absolute atomic E-state index is 13.9. The maximum Gasteiger partial charge on any atom is 0.336 e. The molecule has 0 N–H and O–H groups in total. The van der Waals surface area contributed by atoms with Gasteiger partial charge in [-0.15, -0.1) is 0 Å². The summed E-state index contributed by atoms with van der Waals surface area (Å²) in [4.78, 5) is 42.3. The van der Waals surface area contributed by atoms with E-state index in [0.717, 1.165) is 37.9 Å². The number of nitrogens with zero attached hydrogens (tertiary/aromatic N) is 2. The number of ether oxygens (including phenoxy) is 1. The fourth-order valence-corrected chi connectivity index (χ4v) is 4.90. The zero-order valence-electron chi connectivity index (χ0n) is 20.3. The smallest absolute Gasteiger partial charge is 0.336 e. The molecular weight excluding hydrogens is 447 g/mol. The van der Waals surface area contributed by atoms with Crippen LogP contribution in [0.25, 0.3) is 0 Å². The zero-order chi connectivity index (χ0) is 24.9. The van der Waals surface area contributed by atoms with E-state index >= 15 is 0 Å². The van der Waals surface area contributed by atoms with Gasteiger partial charge in [0.05, 0.1) is 18.7 Å². The third kappa shape index (κ3) is 5.45. The fraction of sp³-hybridized carbons (Fsp3) is 0.393. The Bertz CT molecular complexity index is 1140. The highest BCUT2D eigenvalue weighted by molar-refractivity contribution is 5.96. The summed E-state index contributed by atoms with van der Waals surface area (Å²) in [6.45, 7) is 5.49. The minimum absolute atomic E-state index is 0.0314. The van der Waals surface area contributed by atoms with Gasteiger partial charge in [-0.25, -0.2) is 9.18 Å². The van der Waals surface area contributed by atoms with Gasteiger partial charge in [0.15, 0.2) is 0 Å². The third-order valence-electron chi connectivity index (χ3n) is 6.75. The van der Waals surface area contributed by atoms with Crippen molar-refractivity contribution in [2.75, 3.05) is 19.7 Å². The first-order valence-electron chi connectivity index (χ1n) is 12.2. The standard InChI is InChI=1S/C28H31FN2O4/c1-3-35-28(34)26-19(2)31(25(32)17-24(26)22-8-7-9-23(29)16-22)18-20-10-12-21(13-11-20)27(33)30-14-5-4-6-15-30/h7-13,16,24H,3-6,14-15,17-18H2,1-2H3. The molecule has 0 aliphatic carbocycles. The van der Waals surface area contributed by atoms with E-state index < -0.39 is 17.7 Å². The fourth-order valence-electron chi connectivity index (χ4n) is 4.90. The number of piperidine rings is 1. The monoisotopic (exact) mass is 478 g/mol. The lowest BCUT2D eigenvalue weighted by Crippen LogP contribution is -2.38.